The number of aliphatic hydroxyl groups excluding tert-OH is 1. The van der Waals surface area contributed by atoms with Crippen molar-refractivity contribution in [3.05, 3.63) is 35.8 Å². The molecule has 2 heterocycles. The molecule has 0 bridgehead atoms. The summed E-state index contributed by atoms with van der Waals surface area (Å²) in [4.78, 5) is 17.0. The molecule has 1 amide bonds. The Balaban J connectivity index is 1.78. The van der Waals surface area contributed by atoms with Crippen LogP contribution in [0.3, 0.4) is 0 Å². The second-order valence-electron chi connectivity index (χ2n) is 5.59. The van der Waals surface area contributed by atoms with Gasteiger partial charge in [-0.05, 0) is 37.1 Å². The molecule has 1 aliphatic rings. The predicted octanol–water partition coefficient (Wildman–Crippen LogP) is 1.27. The number of aromatic amines is 1. The number of likely N-dealkylation sites (tertiary alicyclic amines) is 1. The van der Waals surface area contributed by atoms with Crippen molar-refractivity contribution in [1.29, 1.82) is 0 Å². The van der Waals surface area contributed by atoms with Crippen molar-refractivity contribution >= 4 is 16.8 Å². The van der Waals surface area contributed by atoms with Crippen molar-refractivity contribution in [2.75, 3.05) is 19.7 Å². The van der Waals surface area contributed by atoms with E-state index in [0.717, 1.165) is 0 Å². The highest BCUT2D eigenvalue weighted by Gasteiger charge is 2.33. The highest BCUT2D eigenvalue weighted by molar-refractivity contribution is 5.98. The number of hydrogen-bond acceptors (Lipinski definition) is 3. The molecule has 0 saturated carbocycles. The summed E-state index contributed by atoms with van der Waals surface area (Å²) in [6, 6.07) is 5.95. The molecular formula is C15H17FN2O3. The Kier molecular flexibility index (Phi) is 3.43. The summed E-state index contributed by atoms with van der Waals surface area (Å²) in [5.41, 5.74) is 0.0362. The minimum Gasteiger partial charge on any atom is -0.393 e. The number of nitrogens with one attached hydrogen (secondary N) is 1. The van der Waals surface area contributed by atoms with Crippen molar-refractivity contribution in [3.8, 4) is 0 Å². The van der Waals surface area contributed by atoms with Crippen molar-refractivity contribution in [1.82, 2.24) is 9.88 Å². The lowest BCUT2D eigenvalue weighted by molar-refractivity contribution is -0.0546. The van der Waals surface area contributed by atoms with E-state index in [1.807, 2.05) is 0 Å². The summed E-state index contributed by atoms with van der Waals surface area (Å²) in [7, 11) is 0. The van der Waals surface area contributed by atoms with Crippen LogP contribution in [0.15, 0.2) is 24.3 Å². The second-order valence-corrected chi connectivity index (χ2v) is 5.59. The number of benzene rings is 1. The van der Waals surface area contributed by atoms with Gasteiger partial charge in [-0.15, -0.1) is 0 Å². The maximum absolute atomic E-state index is 13.2. The standard InChI is InChI=1S/C15H17FN2O3/c16-11-1-2-12-10(7-11)8-13(17-12)14(20)18-5-3-15(21,9-19)4-6-18/h1-2,7-8,17,19,21H,3-6,9H2. The van der Waals surface area contributed by atoms with Crippen LogP contribution < -0.4 is 0 Å². The quantitative estimate of drug-likeness (QED) is 0.780. The van der Waals surface area contributed by atoms with Gasteiger partial charge in [0.15, 0.2) is 0 Å². The third kappa shape index (κ3) is 2.64. The van der Waals surface area contributed by atoms with Gasteiger partial charge in [-0.3, -0.25) is 4.79 Å². The fourth-order valence-corrected chi connectivity index (χ4v) is 2.67. The first-order valence-electron chi connectivity index (χ1n) is 6.92. The summed E-state index contributed by atoms with van der Waals surface area (Å²) in [5, 5.41) is 19.7. The van der Waals surface area contributed by atoms with Gasteiger partial charge in [-0.1, -0.05) is 0 Å². The van der Waals surface area contributed by atoms with Crippen LogP contribution in [0.4, 0.5) is 4.39 Å². The van der Waals surface area contributed by atoms with E-state index in [4.69, 9.17) is 5.11 Å². The second kappa shape index (κ2) is 5.13. The number of fused-ring (bicyclic) bond motifs is 1. The zero-order chi connectivity index (χ0) is 15.0. The molecule has 112 valence electrons. The van der Waals surface area contributed by atoms with Crippen LogP contribution in [0.5, 0.6) is 0 Å². The fourth-order valence-electron chi connectivity index (χ4n) is 2.67. The highest BCUT2D eigenvalue weighted by atomic mass is 19.1. The summed E-state index contributed by atoms with van der Waals surface area (Å²) < 4.78 is 13.2. The summed E-state index contributed by atoms with van der Waals surface area (Å²) in [6.45, 7) is 0.486. The number of rotatable bonds is 2. The maximum atomic E-state index is 13.2. The number of halogens is 1. The van der Waals surface area contributed by atoms with Crippen molar-refractivity contribution in [2.45, 2.75) is 18.4 Å². The van der Waals surface area contributed by atoms with E-state index in [1.54, 1.807) is 17.0 Å². The maximum Gasteiger partial charge on any atom is 0.270 e. The van der Waals surface area contributed by atoms with E-state index in [2.05, 4.69) is 4.98 Å². The topological polar surface area (TPSA) is 76.6 Å². The summed E-state index contributed by atoms with van der Waals surface area (Å²) in [6.07, 6.45) is 0.703. The number of aliphatic hydroxyl groups is 2. The van der Waals surface area contributed by atoms with Crippen LogP contribution in [0, 0.1) is 5.82 Å². The van der Waals surface area contributed by atoms with Crippen LogP contribution in [0.1, 0.15) is 23.3 Å². The molecule has 0 aliphatic carbocycles. The molecule has 0 radical (unpaired) electrons. The Morgan fingerprint density at radius 3 is 2.71 bits per heavy atom. The van der Waals surface area contributed by atoms with Crippen LogP contribution in [-0.2, 0) is 0 Å². The number of aromatic nitrogens is 1. The third-order valence-corrected chi connectivity index (χ3v) is 4.09. The van der Waals surface area contributed by atoms with Gasteiger partial charge in [0.2, 0.25) is 0 Å². The Hall–Kier alpha value is -1.92. The van der Waals surface area contributed by atoms with Gasteiger partial charge < -0.3 is 20.1 Å². The Labute approximate surface area is 121 Å². The molecule has 2 aromatic rings. The van der Waals surface area contributed by atoms with Gasteiger partial charge in [0.1, 0.15) is 11.5 Å². The first-order valence-corrected chi connectivity index (χ1v) is 6.92. The van der Waals surface area contributed by atoms with Crippen LogP contribution >= 0.6 is 0 Å². The van der Waals surface area contributed by atoms with Gasteiger partial charge in [-0.25, -0.2) is 4.39 Å². The van der Waals surface area contributed by atoms with Crippen molar-refractivity contribution in [3.63, 3.8) is 0 Å². The molecule has 0 spiro atoms. The Morgan fingerprint density at radius 1 is 1.33 bits per heavy atom. The van der Waals surface area contributed by atoms with Crippen LogP contribution in [0.25, 0.3) is 10.9 Å². The predicted molar refractivity (Wildman–Crippen MR) is 75.4 cm³/mol. The average molecular weight is 292 g/mol. The zero-order valence-corrected chi connectivity index (χ0v) is 11.5. The van der Waals surface area contributed by atoms with E-state index in [9.17, 15) is 14.3 Å². The molecule has 1 fully saturated rings. The average Bonchev–Trinajstić information content (AvgIpc) is 2.90. The summed E-state index contributed by atoms with van der Waals surface area (Å²) in [5.74, 6) is -0.516. The lowest BCUT2D eigenvalue weighted by Crippen LogP contribution is -2.48. The van der Waals surface area contributed by atoms with Gasteiger partial charge >= 0.3 is 0 Å². The minimum absolute atomic E-state index is 0.174. The number of H-pyrrole nitrogens is 1. The lowest BCUT2D eigenvalue weighted by Gasteiger charge is -2.36. The monoisotopic (exact) mass is 292 g/mol. The van der Waals surface area contributed by atoms with Gasteiger partial charge in [0, 0.05) is 24.0 Å². The molecule has 1 saturated heterocycles. The van der Waals surface area contributed by atoms with E-state index in [-0.39, 0.29) is 18.3 Å². The largest absolute Gasteiger partial charge is 0.393 e. The smallest absolute Gasteiger partial charge is 0.270 e. The Morgan fingerprint density at radius 2 is 2.05 bits per heavy atom. The first-order chi connectivity index (χ1) is 10.0. The molecule has 1 aromatic heterocycles. The number of piperidine rings is 1. The molecular weight excluding hydrogens is 275 g/mol. The van der Waals surface area contributed by atoms with Gasteiger partial charge in [-0.2, -0.15) is 0 Å². The van der Waals surface area contributed by atoms with E-state index in [1.165, 1.54) is 12.1 Å². The fraction of sp³-hybridized carbons (Fsp3) is 0.400. The molecule has 21 heavy (non-hydrogen) atoms. The minimum atomic E-state index is -1.08. The van der Waals surface area contributed by atoms with Crippen LogP contribution in [0.2, 0.25) is 0 Å². The van der Waals surface area contributed by atoms with Crippen LogP contribution in [-0.4, -0.2) is 51.3 Å². The van der Waals surface area contributed by atoms with Crippen molar-refractivity contribution in [2.24, 2.45) is 0 Å². The molecule has 5 nitrogen and oxygen atoms in total. The molecule has 1 aromatic carbocycles. The lowest BCUT2D eigenvalue weighted by atomic mass is 9.92. The molecule has 1 aliphatic heterocycles. The molecule has 0 unspecified atom stereocenters. The highest BCUT2D eigenvalue weighted by Crippen LogP contribution is 2.24. The molecule has 0 atom stereocenters. The van der Waals surface area contributed by atoms with Gasteiger partial charge in [0.25, 0.3) is 5.91 Å². The normalized spacial score (nSPS) is 18.1. The number of amides is 1. The number of carbonyl (C=O) groups is 1. The van der Waals surface area contributed by atoms with E-state index in [0.29, 0.717) is 42.5 Å². The Bertz CT molecular complexity index is 675. The third-order valence-electron chi connectivity index (χ3n) is 4.09. The zero-order valence-electron chi connectivity index (χ0n) is 11.5. The molecule has 3 N–H and O–H groups in total. The van der Waals surface area contributed by atoms with Crippen molar-refractivity contribution < 1.29 is 19.4 Å². The first kappa shape index (κ1) is 14.0. The number of nitrogens with zero attached hydrogens (tertiary/aromatic N) is 1. The van der Waals surface area contributed by atoms with E-state index < -0.39 is 5.60 Å². The number of hydrogen-bond donors (Lipinski definition) is 3. The number of carbonyl (C=O) groups excluding carboxylic acids is 1. The van der Waals surface area contributed by atoms with E-state index >= 15 is 0 Å². The summed E-state index contributed by atoms with van der Waals surface area (Å²) >= 11 is 0. The SMILES string of the molecule is O=C(c1cc2cc(F)ccc2[nH]1)N1CCC(O)(CO)CC1. The molecule has 3 rings (SSSR count). The molecule has 6 heteroatoms. The van der Waals surface area contributed by atoms with Gasteiger partial charge in [0.05, 0.1) is 12.2 Å².